The van der Waals surface area contributed by atoms with Crippen LogP contribution >= 0.6 is 23.4 Å². The zero-order valence-corrected chi connectivity index (χ0v) is 13.0. The minimum atomic E-state index is -0.740. The number of methoxy groups -OCH3 is 1. The van der Waals surface area contributed by atoms with Crippen LogP contribution in [0.2, 0.25) is 5.02 Å². The molecule has 0 fully saturated rings. The van der Waals surface area contributed by atoms with Gasteiger partial charge in [-0.1, -0.05) is 18.5 Å². The molecule has 1 rings (SSSR count). The van der Waals surface area contributed by atoms with Crippen molar-refractivity contribution >= 4 is 29.3 Å². The molecule has 1 heterocycles. The Balaban J connectivity index is 2.73. The van der Waals surface area contributed by atoms with Gasteiger partial charge in [-0.3, -0.25) is 4.79 Å². The zero-order valence-electron chi connectivity index (χ0n) is 11.4. The van der Waals surface area contributed by atoms with Gasteiger partial charge in [0.1, 0.15) is 10.6 Å². The van der Waals surface area contributed by atoms with E-state index in [1.165, 1.54) is 18.9 Å². The molecule has 0 amide bonds. The van der Waals surface area contributed by atoms with Crippen LogP contribution in [0.1, 0.15) is 20.3 Å². The average Bonchev–Trinajstić information content (AvgIpc) is 2.43. The number of aromatic nitrogens is 1. The van der Waals surface area contributed by atoms with E-state index in [1.807, 2.05) is 13.8 Å². The average molecular weight is 303 g/mol. The predicted molar refractivity (Wildman–Crippen MR) is 78.7 cm³/mol. The Labute approximate surface area is 123 Å². The third-order valence-corrected chi connectivity index (χ3v) is 4.36. The van der Waals surface area contributed by atoms with Crippen molar-refractivity contribution in [3.63, 3.8) is 0 Å². The van der Waals surface area contributed by atoms with Crippen molar-refractivity contribution in [3.8, 4) is 0 Å². The summed E-state index contributed by atoms with van der Waals surface area (Å²) in [5.41, 5.74) is -0.740. The molecule has 1 aromatic rings. The number of ether oxygens (including phenoxy) is 1. The van der Waals surface area contributed by atoms with E-state index >= 15 is 0 Å². The van der Waals surface area contributed by atoms with Gasteiger partial charge in [-0.25, -0.2) is 4.98 Å². The van der Waals surface area contributed by atoms with Crippen LogP contribution in [-0.4, -0.2) is 35.9 Å². The Kier molecular flexibility index (Phi) is 6.62. The van der Waals surface area contributed by atoms with Crippen molar-refractivity contribution in [1.29, 1.82) is 0 Å². The maximum Gasteiger partial charge on any atom is 0.326 e. The fraction of sp³-hybridized carbons (Fsp3) is 0.538. The standard InChI is InChI=1S/C13H19ClN2O2S/c1-4-7-16-13(2,12(17)18-3)9-19-11-10(14)6-5-8-15-11/h5-6,8,16H,4,7,9H2,1-3H3. The number of halogens is 1. The molecule has 1 N–H and O–H groups in total. The van der Waals surface area contributed by atoms with Crippen molar-refractivity contribution in [1.82, 2.24) is 10.3 Å². The molecule has 106 valence electrons. The Morgan fingerprint density at radius 3 is 2.95 bits per heavy atom. The molecule has 19 heavy (non-hydrogen) atoms. The Hall–Kier alpha value is -0.780. The van der Waals surface area contributed by atoms with Gasteiger partial charge < -0.3 is 10.1 Å². The second-order valence-corrected chi connectivity index (χ2v) is 5.70. The highest BCUT2D eigenvalue weighted by atomic mass is 35.5. The van der Waals surface area contributed by atoms with Crippen molar-refractivity contribution in [2.24, 2.45) is 0 Å². The first kappa shape index (κ1) is 16.3. The van der Waals surface area contributed by atoms with Gasteiger partial charge in [0.15, 0.2) is 0 Å². The normalized spacial score (nSPS) is 13.9. The molecule has 1 atom stereocenters. The minimum Gasteiger partial charge on any atom is -0.468 e. The zero-order chi connectivity index (χ0) is 14.3. The van der Waals surface area contributed by atoms with Gasteiger partial charge in [0.05, 0.1) is 12.1 Å². The van der Waals surface area contributed by atoms with Gasteiger partial charge in [0.25, 0.3) is 0 Å². The second-order valence-electron chi connectivity index (χ2n) is 4.33. The fourth-order valence-electron chi connectivity index (χ4n) is 1.50. The van der Waals surface area contributed by atoms with Crippen molar-refractivity contribution < 1.29 is 9.53 Å². The largest absolute Gasteiger partial charge is 0.468 e. The number of nitrogens with one attached hydrogen (secondary N) is 1. The lowest BCUT2D eigenvalue weighted by molar-refractivity contribution is -0.146. The molecule has 0 saturated carbocycles. The van der Waals surface area contributed by atoms with E-state index in [0.717, 1.165) is 18.0 Å². The molecule has 0 bridgehead atoms. The summed E-state index contributed by atoms with van der Waals surface area (Å²) in [6.45, 7) is 4.63. The number of hydrogen-bond acceptors (Lipinski definition) is 5. The molecule has 0 saturated heterocycles. The van der Waals surface area contributed by atoms with Crippen molar-refractivity contribution in [2.45, 2.75) is 30.8 Å². The monoisotopic (exact) mass is 302 g/mol. The topological polar surface area (TPSA) is 51.2 Å². The molecule has 0 spiro atoms. The first-order valence-corrected chi connectivity index (χ1v) is 7.46. The van der Waals surface area contributed by atoms with Gasteiger partial charge in [0.2, 0.25) is 0 Å². The molecule has 1 unspecified atom stereocenters. The molecular formula is C13H19ClN2O2S. The number of carbonyl (C=O) groups excluding carboxylic acids is 1. The van der Waals surface area contributed by atoms with Crippen molar-refractivity contribution in [2.75, 3.05) is 19.4 Å². The van der Waals surface area contributed by atoms with Crippen LogP contribution in [-0.2, 0) is 9.53 Å². The maximum absolute atomic E-state index is 11.9. The van der Waals surface area contributed by atoms with Crippen LogP contribution in [0.5, 0.6) is 0 Å². The lowest BCUT2D eigenvalue weighted by Crippen LogP contribution is -2.52. The van der Waals surface area contributed by atoms with Crippen LogP contribution in [0, 0.1) is 0 Å². The van der Waals surface area contributed by atoms with Crippen LogP contribution in [0.4, 0.5) is 0 Å². The molecular weight excluding hydrogens is 284 g/mol. The SMILES string of the molecule is CCCNC(C)(CSc1ncccc1Cl)C(=O)OC. The van der Waals surface area contributed by atoms with E-state index in [2.05, 4.69) is 10.3 Å². The lowest BCUT2D eigenvalue weighted by atomic mass is 10.1. The van der Waals surface area contributed by atoms with E-state index < -0.39 is 5.54 Å². The van der Waals surface area contributed by atoms with Gasteiger partial charge in [-0.15, -0.1) is 11.8 Å². The number of esters is 1. The van der Waals surface area contributed by atoms with Crippen molar-refractivity contribution in [3.05, 3.63) is 23.4 Å². The number of nitrogens with zero attached hydrogens (tertiary/aromatic N) is 1. The lowest BCUT2D eigenvalue weighted by Gasteiger charge is -2.27. The van der Waals surface area contributed by atoms with Gasteiger partial charge >= 0.3 is 5.97 Å². The quantitative estimate of drug-likeness (QED) is 0.620. The summed E-state index contributed by atoms with van der Waals surface area (Å²) in [4.78, 5) is 16.1. The summed E-state index contributed by atoms with van der Waals surface area (Å²) in [7, 11) is 1.40. The molecule has 4 nitrogen and oxygen atoms in total. The predicted octanol–water partition coefficient (Wildman–Crippen LogP) is 2.76. The Morgan fingerprint density at radius 1 is 1.63 bits per heavy atom. The molecule has 0 aliphatic carbocycles. The summed E-state index contributed by atoms with van der Waals surface area (Å²) in [6.07, 6.45) is 2.63. The maximum atomic E-state index is 11.9. The van der Waals surface area contributed by atoms with Crippen LogP contribution in [0.25, 0.3) is 0 Å². The number of carbonyl (C=O) groups is 1. The molecule has 0 radical (unpaired) electrons. The molecule has 1 aromatic heterocycles. The summed E-state index contributed by atoms with van der Waals surface area (Å²) in [5, 5.41) is 4.53. The van der Waals surface area contributed by atoms with E-state index in [9.17, 15) is 4.79 Å². The first-order chi connectivity index (χ1) is 9.03. The van der Waals surface area contributed by atoms with Gasteiger partial charge in [-0.2, -0.15) is 0 Å². The molecule has 6 heteroatoms. The third kappa shape index (κ3) is 4.67. The number of rotatable bonds is 7. The summed E-state index contributed by atoms with van der Waals surface area (Å²) in [6, 6.07) is 3.56. The van der Waals surface area contributed by atoms with E-state index in [1.54, 1.807) is 18.3 Å². The van der Waals surface area contributed by atoms with E-state index in [4.69, 9.17) is 16.3 Å². The second kappa shape index (κ2) is 7.72. The highest BCUT2D eigenvalue weighted by molar-refractivity contribution is 7.99. The van der Waals surface area contributed by atoms with E-state index in [0.29, 0.717) is 10.8 Å². The molecule has 0 aliphatic rings. The summed E-state index contributed by atoms with van der Waals surface area (Å²) < 4.78 is 4.86. The van der Waals surface area contributed by atoms with Gasteiger partial charge in [-0.05, 0) is 32.0 Å². The third-order valence-electron chi connectivity index (χ3n) is 2.62. The Bertz CT molecular complexity index is 431. The van der Waals surface area contributed by atoms with Crippen LogP contribution < -0.4 is 5.32 Å². The van der Waals surface area contributed by atoms with Gasteiger partial charge in [0, 0.05) is 11.9 Å². The molecule has 0 aliphatic heterocycles. The summed E-state index contributed by atoms with van der Waals surface area (Å²) >= 11 is 7.49. The summed E-state index contributed by atoms with van der Waals surface area (Å²) in [5.74, 6) is 0.233. The smallest absolute Gasteiger partial charge is 0.326 e. The fourth-order valence-corrected chi connectivity index (χ4v) is 2.77. The first-order valence-electron chi connectivity index (χ1n) is 6.10. The highest BCUT2D eigenvalue weighted by Gasteiger charge is 2.34. The van der Waals surface area contributed by atoms with Crippen LogP contribution in [0.15, 0.2) is 23.4 Å². The Morgan fingerprint density at radius 2 is 2.37 bits per heavy atom. The number of pyridine rings is 1. The molecule has 0 aromatic carbocycles. The minimum absolute atomic E-state index is 0.277. The number of thioether (sulfide) groups is 1. The highest BCUT2D eigenvalue weighted by Crippen LogP contribution is 2.27. The van der Waals surface area contributed by atoms with E-state index in [-0.39, 0.29) is 5.97 Å². The number of hydrogen-bond donors (Lipinski definition) is 1. The van der Waals surface area contributed by atoms with Crippen LogP contribution in [0.3, 0.4) is 0 Å².